The molecule has 1 heterocycles. The lowest BCUT2D eigenvalue weighted by Crippen LogP contribution is -2.40. The Morgan fingerprint density at radius 1 is 1.50 bits per heavy atom. The monoisotopic (exact) mass is 223 g/mol. The molecule has 1 aromatic heterocycles. The maximum absolute atomic E-state index is 11.8. The number of hydrogen-bond donors (Lipinski definition) is 2. The first-order chi connectivity index (χ1) is 7.66. The van der Waals surface area contributed by atoms with E-state index in [9.17, 15) is 4.79 Å². The van der Waals surface area contributed by atoms with Gasteiger partial charge in [0.25, 0.3) is 5.91 Å². The summed E-state index contributed by atoms with van der Waals surface area (Å²) in [6.07, 6.45) is 5.14. The summed E-state index contributed by atoms with van der Waals surface area (Å²) in [6, 6.07) is 0.519. The highest BCUT2D eigenvalue weighted by atomic mass is 16.3. The topological polar surface area (TPSA) is 81.2 Å². The maximum Gasteiger partial charge on any atom is 0.273 e. The summed E-state index contributed by atoms with van der Waals surface area (Å²) < 4.78 is 5.00. The number of carbonyl (C=O) groups excluding carboxylic acids is 1. The van der Waals surface area contributed by atoms with Crippen molar-refractivity contribution in [3.05, 3.63) is 17.8 Å². The Balaban J connectivity index is 1.91. The highest BCUT2D eigenvalue weighted by Crippen LogP contribution is 2.17. The van der Waals surface area contributed by atoms with Gasteiger partial charge in [-0.25, -0.2) is 4.98 Å². The second-order valence-electron chi connectivity index (χ2n) is 4.34. The summed E-state index contributed by atoms with van der Waals surface area (Å²) in [7, 11) is 0. The van der Waals surface area contributed by atoms with E-state index >= 15 is 0 Å². The summed E-state index contributed by atoms with van der Waals surface area (Å²) in [5, 5.41) is 2.97. The number of aromatic nitrogens is 1. The number of nitrogens with zero attached hydrogens (tertiary/aromatic N) is 1. The zero-order valence-corrected chi connectivity index (χ0v) is 9.40. The number of nitrogens with one attached hydrogen (secondary N) is 1. The van der Waals surface area contributed by atoms with Gasteiger partial charge in [0.05, 0.1) is 0 Å². The van der Waals surface area contributed by atoms with Gasteiger partial charge in [-0.05, 0) is 32.6 Å². The van der Waals surface area contributed by atoms with E-state index in [0.29, 0.717) is 17.5 Å². The Kier molecular flexibility index (Phi) is 3.24. The predicted octanol–water partition coefficient (Wildman–Crippen LogP) is 0.983. The van der Waals surface area contributed by atoms with Gasteiger partial charge in [0.1, 0.15) is 5.76 Å². The van der Waals surface area contributed by atoms with Crippen LogP contribution in [-0.4, -0.2) is 23.0 Å². The molecule has 3 N–H and O–H groups in total. The van der Waals surface area contributed by atoms with Crippen molar-refractivity contribution in [3.63, 3.8) is 0 Å². The van der Waals surface area contributed by atoms with Crippen LogP contribution in [0.3, 0.4) is 0 Å². The molecule has 0 unspecified atom stereocenters. The normalized spacial score (nSPS) is 25.4. The molecule has 88 valence electrons. The minimum Gasteiger partial charge on any atom is -0.448 e. The minimum absolute atomic E-state index is 0.147. The van der Waals surface area contributed by atoms with Crippen molar-refractivity contribution < 1.29 is 9.21 Å². The van der Waals surface area contributed by atoms with Gasteiger partial charge in [0.2, 0.25) is 0 Å². The molecule has 0 bridgehead atoms. The molecule has 0 aliphatic heterocycles. The Bertz CT molecular complexity index is 367. The molecule has 1 amide bonds. The van der Waals surface area contributed by atoms with Crippen molar-refractivity contribution in [1.82, 2.24) is 10.3 Å². The molecule has 1 fully saturated rings. The summed E-state index contributed by atoms with van der Waals surface area (Å²) >= 11 is 0. The molecule has 1 aliphatic carbocycles. The van der Waals surface area contributed by atoms with Crippen molar-refractivity contribution in [3.8, 4) is 0 Å². The number of carbonyl (C=O) groups is 1. The Morgan fingerprint density at radius 3 is 2.75 bits per heavy atom. The van der Waals surface area contributed by atoms with Crippen LogP contribution >= 0.6 is 0 Å². The number of aryl methyl sites for hydroxylation is 1. The zero-order valence-electron chi connectivity index (χ0n) is 9.40. The van der Waals surface area contributed by atoms with Crippen LogP contribution in [0.15, 0.2) is 10.8 Å². The van der Waals surface area contributed by atoms with Crippen LogP contribution in [0.5, 0.6) is 0 Å². The van der Waals surface area contributed by atoms with Crippen LogP contribution in [0.4, 0.5) is 0 Å². The highest BCUT2D eigenvalue weighted by Gasteiger charge is 2.22. The molecular weight excluding hydrogens is 206 g/mol. The molecule has 0 radical (unpaired) electrons. The molecule has 16 heavy (non-hydrogen) atoms. The lowest BCUT2D eigenvalue weighted by Gasteiger charge is -2.26. The fraction of sp³-hybridized carbons (Fsp3) is 0.636. The number of nitrogens with two attached hydrogens (primary N) is 1. The van der Waals surface area contributed by atoms with Crippen LogP contribution in [-0.2, 0) is 0 Å². The smallest absolute Gasteiger partial charge is 0.273 e. The fourth-order valence-corrected chi connectivity index (χ4v) is 2.04. The third-order valence-electron chi connectivity index (χ3n) is 3.07. The third-order valence-corrected chi connectivity index (χ3v) is 3.07. The SMILES string of the molecule is Cc1ocnc1C(=O)NC1CCC(N)CC1. The van der Waals surface area contributed by atoms with E-state index < -0.39 is 0 Å². The molecule has 1 aromatic rings. The number of amides is 1. The second-order valence-corrected chi connectivity index (χ2v) is 4.34. The van der Waals surface area contributed by atoms with Crippen molar-refractivity contribution >= 4 is 5.91 Å². The van der Waals surface area contributed by atoms with Gasteiger partial charge >= 0.3 is 0 Å². The van der Waals surface area contributed by atoms with E-state index in [1.165, 1.54) is 6.39 Å². The van der Waals surface area contributed by atoms with E-state index in [4.69, 9.17) is 10.2 Å². The maximum atomic E-state index is 11.8. The van der Waals surface area contributed by atoms with Gasteiger partial charge in [0.15, 0.2) is 12.1 Å². The molecule has 2 rings (SSSR count). The van der Waals surface area contributed by atoms with Crippen molar-refractivity contribution in [2.75, 3.05) is 0 Å². The Morgan fingerprint density at radius 2 is 2.19 bits per heavy atom. The van der Waals surface area contributed by atoms with E-state index in [2.05, 4.69) is 10.3 Å². The molecule has 1 saturated carbocycles. The Labute approximate surface area is 94.4 Å². The van der Waals surface area contributed by atoms with Crippen LogP contribution in [0.2, 0.25) is 0 Å². The molecule has 0 atom stereocenters. The van der Waals surface area contributed by atoms with Crippen molar-refractivity contribution in [1.29, 1.82) is 0 Å². The van der Waals surface area contributed by atoms with Gasteiger partial charge in [-0.15, -0.1) is 0 Å². The molecular formula is C11H17N3O2. The first kappa shape index (κ1) is 11.1. The molecule has 0 spiro atoms. The molecule has 0 aromatic carbocycles. The molecule has 0 saturated heterocycles. The summed E-state index contributed by atoms with van der Waals surface area (Å²) in [5.41, 5.74) is 6.19. The predicted molar refractivity (Wildman–Crippen MR) is 58.9 cm³/mol. The van der Waals surface area contributed by atoms with E-state index in [1.54, 1.807) is 6.92 Å². The number of oxazole rings is 1. The van der Waals surface area contributed by atoms with E-state index in [1.807, 2.05) is 0 Å². The van der Waals surface area contributed by atoms with Gasteiger partial charge in [-0.3, -0.25) is 4.79 Å². The minimum atomic E-state index is -0.147. The van der Waals surface area contributed by atoms with Crippen LogP contribution in [0.25, 0.3) is 0 Å². The van der Waals surface area contributed by atoms with Crippen LogP contribution in [0, 0.1) is 6.92 Å². The quantitative estimate of drug-likeness (QED) is 0.783. The van der Waals surface area contributed by atoms with Crippen LogP contribution < -0.4 is 11.1 Å². The fourth-order valence-electron chi connectivity index (χ4n) is 2.04. The summed E-state index contributed by atoms with van der Waals surface area (Å²) in [6.45, 7) is 1.73. The van der Waals surface area contributed by atoms with Gasteiger partial charge < -0.3 is 15.5 Å². The van der Waals surface area contributed by atoms with E-state index in [-0.39, 0.29) is 11.9 Å². The Hall–Kier alpha value is -1.36. The molecule has 5 nitrogen and oxygen atoms in total. The van der Waals surface area contributed by atoms with Crippen molar-refractivity contribution in [2.45, 2.75) is 44.7 Å². The second kappa shape index (κ2) is 4.65. The molecule has 5 heteroatoms. The van der Waals surface area contributed by atoms with Crippen molar-refractivity contribution in [2.24, 2.45) is 5.73 Å². The first-order valence-corrected chi connectivity index (χ1v) is 5.63. The zero-order chi connectivity index (χ0) is 11.5. The van der Waals surface area contributed by atoms with Gasteiger partial charge in [-0.1, -0.05) is 0 Å². The molecule has 1 aliphatic rings. The lowest BCUT2D eigenvalue weighted by molar-refractivity contribution is 0.0920. The average molecular weight is 223 g/mol. The number of rotatable bonds is 2. The third kappa shape index (κ3) is 2.41. The summed E-state index contributed by atoms with van der Waals surface area (Å²) in [4.78, 5) is 15.7. The largest absolute Gasteiger partial charge is 0.448 e. The van der Waals surface area contributed by atoms with Crippen LogP contribution in [0.1, 0.15) is 41.9 Å². The summed E-state index contributed by atoms with van der Waals surface area (Å²) in [5.74, 6) is 0.414. The highest BCUT2D eigenvalue weighted by molar-refractivity contribution is 5.93. The first-order valence-electron chi connectivity index (χ1n) is 5.63. The lowest BCUT2D eigenvalue weighted by atomic mass is 9.92. The number of hydrogen-bond acceptors (Lipinski definition) is 4. The van der Waals surface area contributed by atoms with Gasteiger partial charge in [0, 0.05) is 12.1 Å². The standard InChI is InChI=1S/C11H17N3O2/c1-7-10(13-6-16-7)11(15)14-9-4-2-8(12)3-5-9/h6,8-9H,2-5,12H2,1H3,(H,14,15). The van der Waals surface area contributed by atoms with E-state index in [0.717, 1.165) is 25.7 Å². The average Bonchev–Trinajstić information content (AvgIpc) is 2.68. The van der Waals surface area contributed by atoms with Gasteiger partial charge in [-0.2, -0.15) is 0 Å².